The van der Waals surface area contributed by atoms with E-state index in [0.29, 0.717) is 12.8 Å². The van der Waals surface area contributed by atoms with Crippen LogP contribution in [0.4, 0.5) is 4.79 Å². The van der Waals surface area contributed by atoms with Gasteiger partial charge >= 0.3 is 12.0 Å². The third kappa shape index (κ3) is 2.76. The molecule has 0 aromatic rings. The Labute approximate surface area is 108 Å². The highest BCUT2D eigenvalue weighted by molar-refractivity contribution is 5.86. The molecule has 2 aliphatic rings. The van der Waals surface area contributed by atoms with Crippen molar-refractivity contribution in [3.8, 4) is 0 Å². The van der Waals surface area contributed by atoms with Gasteiger partial charge in [-0.15, -0.1) is 0 Å². The normalized spacial score (nSPS) is 23.4. The van der Waals surface area contributed by atoms with Gasteiger partial charge in [-0.25, -0.2) is 9.59 Å². The van der Waals surface area contributed by atoms with Crippen LogP contribution in [0.3, 0.4) is 0 Å². The van der Waals surface area contributed by atoms with E-state index in [4.69, 9.17) is 0 Å². The van der Waals surface area contributed by atoms with E-state index >= 15 is 0 Å². The Morgan fingerprint density at radius 1 is 0.944 bits per heavy atom. The second kappa shape index (κ2) is 5.59. The summed E-state index contributed by atoms with van der Waals surface area (Å²) in [6, 6.07) is -0.195. The lowest BCUT2D eigenvalue weighted by Crippen LogP contribution is -2.59. The lowest BCUT2D eigenvalue weighted by atomic mass is 9.82. The zero-order valence-electron chi connectivity index (χ0n) is 10.8. The van der Waals surface area contributed by atoms with Gasteiger partial charge in [0.25, 0.3) is 0 Å². The predicted molar refractivity (Wildman–Crippen MR) is 67.4 cm³/mol. The number of nitrogens with one attached hydrogen (secondary N) is 1. The number of hydrogen-bond donors (Lipinski definition) is 2. The maximum Gasteiger partial charge on any atom is 0.329 e. The molecule has 1 heterocycles. The third-order valence-electron chi connectivity index (χ3n) is 4.11. The van der Waals surface area contributed by atoms with Crippen LogP contribution in [-0.4, -0.2) is 40.6 Å². The summed E-state index contributed by atoms with van der Waals surface area (Å²) in [5, 5.41) is 12.2. The minimum atomic E-state index is -1.02. The van der Waals surface area contributed by atoms with E-state index in [1.807, 2.05) is 0 Å². The summed E-state index contributed by atoms with van der Waals surface area (Å²) in [6.45, 7) is 1.50. The lowest BCUT2D eigenvalue weighted by molar-refractivity contribution is -0.146. The van der Waals surface area contributed by atoms with Crippen molar-refractivity contribution in [2.24, 2.45) is 0 Å². The molecule has 2 fully saturated rings. The van der Waals surface area contributed by atoms with Crippen molar-refractivity contribution in [3.63, 3.8) is 0 Å². The molecule has 0 aromatic carbocycles. The molecule has 0 aromatic heterocycles. The number of likely N-dealkylation sites (tertiary alicyclic amines) is 1. The van der Waals surface area contributed by atoms with Gasteiger partial charge < -0.3 is 15.3 Å². The summed E-state index contributed by atoms with van der Waals surface area (Å²) < 4.78 is 0. The Kier molecular flexibility index (Phi) is 4.09. The molecule has 0 radical (unpaired) electrons. The fourth-order valence-corrected chi connectivity index (χ4v) is 2.93. The van der Waals surface area contributed by atoms with Gasteiger partial charge in [0.15, 0.2) is 0 Å². The van der Waals surface area contributed by atoms with E-state index in [1.165, 1.54) is 0 Å². The molecule has 1 saturated carbocycles. The maximum atomic E-state index is 12.1. The Hall–Kier alpha value is -1.26. The number of carbonyl (C=O) groups is 2. The number of carboxylic acid groups (broad SMARTS) is 1. The highest BCUT2D eigenvalue weighted by Crippen LogP contribution is 2.28. The smallest absolute Gasteiger partial charge is 0.329 e. The van der Waals surface area contributed by atoms with Crippen molar-refractivity contribution in [2.45, 2.75) is 56.9 Å². The molecule has 102 valence electrons. The number of piperidine rings is 1. The van der Waals surface area contributed by atoms with Crippen LogP contribution < -0.4 is 5.32 Å². The molecule has 18 heavy (non-hydrogen) atoms. The first-order chi connectivity index (χ1) is 8.64. The fourth-order valence-electron chi connectivity index (χ4n) is 2.93. The quantitative estimate of drug-likeness (QED) is 0.791. The number of carbonyl (C=O) groups excluding carboxylic acids is 1. The van der Waals surface area contributed by atoms with Crippen molar-refractivity contribution in [3.05, 3.63) is 0 Å². The molecule has 1 saturated heterocycles. The summed E-state index contributed by atoms with van der Waals surface area (Å²) in [5.74, 6) is -0.882. The Bertz CT molecular complexity index is 318. The van der Waals surface area contributed by atoms with Crippen LogP contribution in [0.15, 0.2) is 0 Å². The van der Waals surface area contributed by atoms with Crippen molar-refractivity contribution in [1.29, 1.82) is 0 Å². The molecule has 0 spiro atoms. The van der Waals surface area contributed by atoms with Gasteiger partial charge in [0.05, 0.1) is 0 Å². The second-order valence-corrected chi connectivity index (χ2v) is 5.43. The largest absolute Gasteiger partial charge is 0.480 e. The molecule has 5 nitrogen and oxygen atoms in total. The van der Waals surface area contributed by atoms with E-state index in [9.17, 15) is 14.7 Å². The molecular formula is C13H22N2O3. The van der Waals surface area contributed by atoms with Gasteiger partial charge in [-0.2, -0.15) is 0 Å². The summed E-state index contributed by atoms with van der Waals surface area (Å²) in [7, 11) is 0. The second-order valence-electron chi connectivity index (χ2n) is 5.43. The molecule has 2 amide bonds. The zero-order chi connectivity index (χ0) is 13.0. The number of hydrogen-bond acceptors (Lipinski definition) is 2. The highest BCUT2D eigenvalue weighted by atomic mass is 16.4. The molecular weight excluding hydrogens is 232 g/mol. The van der Waals surface area contributed by atoms with Gasteiger partial charge in [0.2, 0.25) is 0 Å². The third-order valence-corrected chi connectivity index (χ3v) is 4.11. The molecule has 1 aliphatic carbocycles. The number of urea groups is 1. The average Bonchev–Trinajstić information content (AvgIpc) is 2.40. The maximum absolute atomic E-state index is 12.1. The van der Waals surface area contributed by atoms with Gasteiger partial charge in [-0.05, 0) is 32.1 Å². The van der Waals surface area contributed by atoms with E-state index in [1.54, 1.807) is 4.90 Å². The van der Waals surface area contributed by atoms with Crippen LogP contribution in [0.2, 0.25) is 0 Å². The standard InChI is InChI=1S/C13H22N2O3/c16-11(17)13(7-3-1-4-8-13)14-12(18)15-9-5-2-6-10-15/h1-10H2,(H,14,18)(H,16,17). The molecule has 2 rings (SSSR count). The molecule has 0 atom stereocenters. The van der Waals surface area contributed by atoms with Crippen LogP contribution in [0.25, 0.3) is 0 Å². The first-order valence-electron chi connectivity index (χ1n) is 6.95. The number of aliphatic carboxylic acids is 1. The van der Waals surface area contributed by atoms with Gasteiger partial charge in [-0.1, -0.05) is 19.3 Å². The topological polar surface area (TPSA) is 69.6 Å². The van der Waals surface area contributed by atoms with Crippen molar-refractivity contribution in [2.75, 3.05) is 13.1 Å². The molecule has 0 unspecified atom stereocenters. The minimum Gasteiger partial charge on any atom is -0.480 e. The monoisotopic (exact) mass is 254 g/mol. The summed E-state index contributed by atoms with van der Waals surface area (Å²) in [6.07, 6.45) is 7.15. The van der Waals surface area contributed by atoms with Gasteiger partial charge in [-0.3, -0.25) is 0 Å². The van der Waals surface area contributed by atoms with Crippen molar-refractivity contribution in [1.82, 2.24) is 10.2 Å². The summed E-state index contributed by atoms with van der Waals surface area (Å²) in [4.78, 5) is 25.3. The average molecular weight is 254 g/mol. The first kappa shape index (κ1) is 13.2. The van der Waals surface area contributed by atoms with Crippen LogP contribution in [-0.2, 0) is 4.79 Å². The fraction of sp³-hybridized carbons (Fsp3) is 0.846. The zero-order valence-corrected chi connectivity index (χ0v) is 10.8. The number of nitrogens with zero attached hydrogens (tertiary/aromatic N) is 1. The van der Waals surface area contributed by atoms with Crippen molar-refractivity contribution < 1.29 is 14.7 Å². The predicted octanol–water partition coefficient (Wildman–Crippen LogP) is 1.97. The van der Waals surface area contributed by atoms with Gasteiger partial charge in [0.1, 0.15) is 5.54 Å². The van der Waals surface area contributed by atoms with E-state index < -0.39 is 11.5 Å². The van der Waals surface area contributed by atoms with E-state index in [0.717, 1.165) is 51.6 Å². The molecule has 0 bridgehead atoms. The molecule has 5 heteroatoms. The molecule has 2 N–H and O–H groups in total. The Balaban J connectivity index is 1.99. The first-order valence-corrected chi connectivity index (χ1v) is 6.95. The van der Waals surface area contributed by atoms with E-state index in [-0.39, 0.29) is 6.03 Å². The number of amides is 2. The Morgan fingerprint density at radius 2 is 1.50 bits per heavy atom. The minimum absolute atomic E-state index is 0.195. The van der Waals surface area contributed by atoms with Gasteiger partial charge in [0, 0.05) is 13.1 Å². The molecule has 1 aliphatic heterocycles. The summed E-state index contributed by atoms with van der Waals surface area (Å²) in [5.41, 5.74) is -1.02. The lowest BCUT2D eigenvalue weighted by Gasteiger charge is -2.37. The van der Waals surface area contributed by atoms with E-state index in [2.05, 4.69) is 5.32 Å². The number of rotatable bonds is 2. The van der Waals surface area contributed by atoms with Crippen molar-refractivity contribution >= 4 is 12.0 Å². The van der Waals surface area contributed by atoms with Crippen LogP contribution in [0, 0.1) is 0 Å². The Morgan fingerprint density at radius 3 is 2.06 bits per heavy atom. The summed E-state index contributed by atoms with van der Waals surface area (Å²) >= 11 is 0. The highest BCUT2D eigenvalue weighted by Gasteiger charge is 2.41. The van der Waals surface area contributed by atoms with Crippen LogP contribution in [0.1, 0.15) is 51.4 Å². The number of carboxylic acids is 1. The SMILES string of the molecule is O=C(NC1(C(=O)O)CCCCC1)N1CCCCC1. The van der Waals surface area contributed by atoms with Crippen LogP contribution >= 0.6 is 0 Å². The van der Waals surface area contributed by atoms with Crippen LogP contribution in [0.5, 0.6) is 0 Å².